The summed E-state index contributed by atoms with van der Waals surface area (Å²) < 4.78 is 1.69. The molecule has 6 nitrogen and oxygen atoms in total. The Kier molecular flexibility index (Phi) is 3.61. The number of aromatic nitrogens is 2. The highest BCUT2D eigenvalue weighted by atomic mass is 16.4. The van der Waals surface area contributed by atoms with Gasteiger partial charge in [-0.25, -0.2) is 0 Å². The first-order valence-electron chi connectivity index (χ1n) is 5.65. The fourth-order valence-corrected chi connectivity index (χ4v) is 1.69. The predicted octanol–water partition coefficient (Wildman–Crippen LogP) is 1.50. The molecule has 0 aliphatic carbocycles. The van der Waals surface area contributed by atoms with Gasteiger partial charge in [0, 0.05) is 24.5 Å². The van der Waals surface area contributed by atoms with E-state index in [1.54, 1.807) is 29.1 Å². The van der Waals surface area contributed by atoms with E-state index in [2.05, 4.69) is 10.4 Å². The predicted molar refractivity (Wildman–Crippen MR) is 69.5 cm³/mol. The van der Waals surface area contributed by atoms with Crippen LogP contribution in [0, 0.1) is 0 Å². The molecular formula is C13H13N3O3. The Balaban J connectivity index is 2.15. The van der Waals surface area contributed by atoms with E-state index in [4.69, 9.17) is 5.11 Å². The zero-order chi connectivity index (χ0) is 13.8. The topological polar surface area (TPSA) is 84.2 Å². The SMILES string of the molecule is Cn1cc(-c2cccc(NC(=O)CC(=O)O)c2)cn1. The van der Waals surface area contributed by atoms with E-state index in [0.29, 0.717) is 5.69 Å². The highest BCUT2D eigenvalue weighted by Gasteiger charge is 2.08. The minimum absolute atomic E-state index is 0.545. The minimum atomic E-state index is -1.15. The van der Waals surface area contributed by atoms with Gasteiger partial charge in [-0.2, -0.15) is 5.10 Å². The summed E-state index contributed by atoms with van der Waals surface area (Å²) in [6.45, 7) is 0. The third kappa shape index (κ3) is 3.41. The quantitative estimate of drug-likeness (QED) is 0.815. The van der Waals surface area contributed by atoms with E-state index in [1.165, 1.54) is 0 Å². The number of anilines is 1. The summed E-state index contributed by atoms with van der Waals surface area (Å²) in [4.78, 5) is 21.8. The Morgan fingerprint density at radius 1 is 1.37 bits per heavy atom. The van der Waals surface area contributed by atoms with Gasteiger partial charge in [-0.05, 0) is 17.7 Å². The third-order valence-corrected chi connectivity index (χ3v) is 2.50. The molecule has 0 fully saturated rings. The van der Waals surface area contributed by atoms with E-state index < -0.39 is 18.3 Å². The van der Waals surface area contributed by atoms with Crippen molar-refractivity contribution in [2.45, 2.75) is 6.42 Å². The highest BCUT2D eigenvalue weighted by Crippen LogP contribution is 2.21. The van der Waals surface area contributed by atoms with Gasteiger partial charge in [-0.3, -0.25) is 14.3 Å². The second kappa shape index (κ2) is 5.34. The van der Waals surface area contributed by atoms with Crippen LogP contribution in [0.5, 0.6) is 0 Å². The van der Waals surface area contributed by atoms with Crippen molar-refractivity contribution < 1.29 is 14.7 Å². The number of hydrogen-bond donors (Lipinski definition) is 2. The monoisotopic (exact) mass is 259 g/mol. The molecule has 98 valence electrons. The molecule has 0 unspecified atom stereocenters. The van der Waals surface area contributed by atoms with Crippen LogP contribution in [0.2, 0.25) is 0 Å². The average molecular weight is 259 g/mol. The van der Waals surface area contributed by atoms with E-state index in [1.807, 2.05) is 19.3 Å². The van der Waals surface area contributed by atoms with Crippen LogP contribution in [0.4, 0.5) is 5.69 Å². The first-order chi connectivity index (χ1) is 9.04. The lowest BCUT2D eigenvalue weighted by Crippen LogP contribution is -2.15. The number of carboxylic acid groups (broad SMARTS) is 1. The first kappa shape index (κ1) is 12.8. The van der Waals surface area contributed by atoms with Crippen molar-refractivity contribution in [2.24, 2.45) is 7.05 Å². The number of nitrogens with one attached hydrogen (secondary N) is 1. The normalized spacial score (nSPS) is 10.2. The number of amides is 1. The van der Waals surface area contributed by atoms with Crippen molar-refractivity contribution in [3.05, 3.63) is 36.7 Å². The third-order valence-electron chi connectivity index (χ3n) is 2.50. The average Bonchev–Trinajstić information content (AvgIpc) is 2.75. The number of aliphatic carboxylic acids is 1. The van der Waals surface area contributed by atoms with Crippen molar-refractivity contribution >= 4 is 17.6 Å². The smallest absolute Gasteiger partial charge is 0.312 e. The zero-order valence-electron chi connectivity index (χ0n) is 10.3. The lowest BCUT2D eigenvalue weighted by atomic mass is 10.1. The van der Waals surface area contributed by atoms with E-state index in [9.17, 15) is 9.59 Å². The highest BCUT2D eigenvalue weighted by molar-refractivity contribution is 6.01. The molecule has 2 N–H and O–H groups in total. The summed E-state index contributed by atoms with van der Waals surface area (Å²) in [6, 6.07) is 7.17. The Morgan fingerprint density at radius 3 is 2.79 bits per heavy atom. The molecule has 0 radical (unpaired) electrons. The molecule has 2 aromatic rings. The van der Waals surface area contributed by atoms with Gasteiger partial charge in [0.2, 0.25) is 5.91 Å². The number of carboxylic acids is 1. The summed E-state index contributed by atoms with van der Waals surface area (Å²) in [6.07, 6.45) is 3.04. The van der Waals surface area contributed by atoms with Gasteiger partial charge in [0.15, 0.2) is 0 Å². The van der Waals surface area contributed by atoms with Crippen molar-refractivity contribution in [1.82, 2.24) is 9.78 Å². The Morgan fingerprint density at radius 2 is 2.16 bits per heavy atom. The zero-order valence-corrected chi connectivity index (χ0v) is 10.3. The van der Waals surface area contributed by atoms with Crippen LogP contribution in [0.25, 0.3) is 11.1 Å². The Bertz CT molecular complexity index is 619. The molecular weight excluding hydrogens is 246 g/mol. The Hall–Kier alpha value is -2.63. The van der Waals surface area contributed by atoms with Crippen LogP contribution in [-0.2, 0) is 16.6 Å². The molecule has 0 saturated carbocycles. The van der Waals surface area contributed by atoms with Crippen LogP contribution in [0.3, 0.4) is 0 Å². The summed E-state index contributed by atoms with van der Waals surface area (Å²) in [5.74, 6) is -1.70. The maximum atomic E-state index is 11.4. The summed E-state index contributed by atoms with van der Waals surface area (Å²) in [5, 5.41) is 15.1. The molecule has 1 heterocycles. The van der Waals surface area contributed by atoms with Crippen LogP contribution in [-0.4, -0.2) is 26.8 Å². The molecule has 0 aliphatic rings. The van der Waals surface area contributed by atoms with Gasteiger partial charge in [0.1, 0.15) is 6.42 Å². The largest absolute Gasteiger partial charge is 0.481 e. The maximum absolute atomic E-state index is 11.4. The second-order valence-electron chi connectivity index (χ2n) is 4.10. The number of rotatable bonds is 4. The summed E-state index contributed by atoms with van der Waals surface area (Å²) in [5.41, 5.74) is 2.39. The van der Waals surface area contributed by atoms with E-state index in [-0.39, 0.29) is 0 Å². The molecule has 1 aromatic heterocycles. The van der Waals surface area contributed by atoms with Crippen LogP contribution < -0.4 is 5.32 Å². The molecule has 0 atom stereocenters. The number of carbonyl (C=O) groups excluding carboxylic acids is 1. The molecule has 0 bridgehead atoms. The van der Waals surface area contributed by atoms with E-state index >= 15 is 0 Å². The van der Waals surface area contributed by atoms with Crippen LogP contribution in [0.1, 0.15) is 6.42 Å². The maximum Gasteiger partial charge on any atom is 0.312 e. The van der Waals surface area contributed by atoms with Crippen molar-refractivity contribution in [3.63, 3.8) is 0 Å². The molecule has 2 rings (SSSR count). The molecule has 0 aliphatic heterocycles. The summed E-state index contributed by atoms with van der Waals surface area (Å²) >= 11 is 0. The molecule has 1 aromatic carbocycles. The number of aryl methyl sites for hydroxylation is 1. The Labute approximate surface area is 109 Å². The van der Waals surface area contributed by atoms with Gasteiger partial charge in [-0.15, -0.1) is 0 Å². The van der Waals surface area contributed by atoms with E-state index in [0.717, 1.165) is 11.1 Å². The minimum Gasteiger partial charge on any atom is -0.481 e. The molecule has 6 heteroatoms. The van der Waals surface area contributed by atoms with Crippen molar-refractivity contribution in [2.75, 3.05) is 5.32 Å². The van der Waals surface area contributed by atoms with Gasteiger partial charge >= 0.3 is 5.97 Å². The number of benzene rings is 1. The number of carbonyl (C=O) groups is 2. The number of hydrogen-bond acceptors (Lipinski definition) is 3. The molecule has 1 amide bonds. The van der Waals surface area contributed by atoms with Gasteiger partial charge in [-0.1, -0.05) is 12.1 Å². The van der Waals surface area contributed by atoms with Crippen molar-refractivity contribution in [1.29, 1.82) is 0 Å². The van der Waals surface area contributed by atoms with Gasteiger partial charge < -0.3 is 10.4 Å². The lowest BCUT2D eigenvalue weighted by molar-refractivity contribution is -0.139. The van der Waals surface area contributed by atoms with Crippen LogP contribution >= 0.6 is 0 Å². The second-order valence-corrected chi connectivity index (χ2v) is 4.10. The lowest BCUT2D eigenvalue weighted by Gasteiger charge is -2.05. The first-order valence-corrected chi connectivity index (χ1v) is 5.65. The molecule has 0 spiro atoms. The fourth-order valence-electron chi connectivity index (χ4n) is 1.69. The fraction of sp³-hybridized carbons (Fsp3) is 0.154. The molecule has 19 heavy (non-hydrogen) atoms. The molecule has 0 saturated heterocycles. The van der Waals surface area contributed by atoms with Gasteiger partial charge in [0.25, 0.3) is 0 Å². The standard InChI is InChI=1S/C13H13N3O3/c1-16-8-10(7-14-16)9-3-2-4-11(5-9)15-12(17)6-13(18)19/h2-5,7-8H,6H2,1H3,(H,15,17)(H,18,19). The summed E-state index contributed by atoms with van der Waals surface area (Å²) in [7, 11) is 1.82. The van der Waals surface area contributed by atoms with Crippen molar-refractivity contribution in [3.8, 4) is 11.1 Å². The van der Waals surface area contributed by atoms with Crippen LogP contribution in [0.15, 0.2) is 36.7 Å². The van der Waals surface area contributed by atoms with Gasteiger partial charge in [0.05, 0.1) is 6.20 Å². The number of nitrogens with zero attached hydrogens (tertiary/aromatic N) is 2.